The van der Waals surface area contributed by atoms with Gasteiger partial charge in [-0.15, -0.1) is 0 Å². The average Bonchev–Trinajstić information content (AvgIpc) is 2.68. The highest BCUT2D eigenvalue weighted by Crippen LogP contribution is 2.25. The zero-order valence-electron chi connectivity index (χ0n) is 12.1. The van der Waals surface area contributed by atoms with Gasteiger partial charge in [0, 0.05) is 19.0 Å². The maximum absolute atomic E-state index is 9.33. The molecule has 0 aliphatic heterocycles. The van der Waals surface area contributed by atoms with Crippen LogP contribution in [0.1, 0.15) is 33.0 Å². The number of phenols is 1. The van der Waals surface area contributed by atoms with Crippen molar-refractivity contribution in [3.63, 3.8) is 0 Å². The third-order valence-corrected chi connectivity index (χ3v) is 3.35. The first-order chi connectivity index (χ1) is 8.87. The van der Waals surface area contributed by atoms with E-state index >= 15 is 0 Å². The maximum atomic E-state index is 9.33. The Bertz CT molecular complexity index is 547. The lowest BCUT2D eigenvalue weighted by Gasteiger charge is -2.17. The van der Waals surface area contributed by atoms with Crippen LogP contribution < -0.4 is 0 Å². The minimum absolute atomic E-state index is 0.291. The molecule has 0 radical (unpaired) electrons. The number of aromatic nitrogens is 2. The lowest BCUT2D eigenvalue weighted by atomic mass is 9.90. The molecule has 0 aliphatic carbocycles. The normalized spacial score (nSPS) is 11.8. The van der Waals surface area contributed by atoms with E-state index in [1.54, 1.807) is 12.1 Å². The summed E-state index contributed by atoms with van der Waals surface area (Å²) in [7, 11) is 2.05. The average molecular weight is 258 g/mol. The van der Waals surface area contributed by atoms with E-state index in [4.69, 9.17) is 0 Å². The fourth-order valence-corrected chi connectivity index (χ4v) is 2.07. The van der Waals surface area contributed by atoms with Crippen LogP contribution in [0.5, 0.6) is 5.75 Å². The SMILES string of the molecule is Cn1c(-c2ccc(O)cc2)cnc1CCC(C)(C)C. The number of aryl methyl sites for hydroxylation is 1. The first-order valence-corrected chi connectivity index (χ1v) is 6.67. The van der Waals surface area contributed by atoms with Gasteiger partial charge in [0.25, 0.3) is 0 Å². The Hall–Kier alpha value is -1.77. The van der Waals surface area contributed by atoms with Crippen molar-refractivity contribution in [2.75, 3.05) is 0 Å². The second kappa shape index (κ2) is 5.08. The van der Waals surface area contributed by atoms with Crippen LogP contribution in [0, 0.1) is 5.41 Å². The molecule has 2 aromatic rings. The quantitative estimate of drug-likeness (QED) is 0.910. The number of nitrogens with zero attached hydrogens (tertiary/aromatic N) is 2. The van der Waals surface area contributed by atoms with E-state index in [1.165, 1.54) is 0 Å². The van der Waals surface area contributed by atoms with Crippen molar-refractivity contribution in [3.05, 3.63) is 36.3 Å². The van der Waals surface area contributed by atoms with Gasteiger partial charge in [-0.2, -0.15) is 0 Å². The number of benzene rings is 1. The van der Waals surface area contributed by atoms with Crippen LogP contribution in [0.25, 0.3) is 11.3 Å². The van der Waals surface area contributed by atoms with Gasteiger partial charge >= 0.3 is 0 Å². The number of aromatic hydroxyl groups is 1. The van der Waals surface area contributed by atoms with Crippen LogP contribution in [0.2, 0.25) is 0 Å². The summed E-state index contributed by atoms with van der Waals surface area (Å²) in [6, 6.07) is 7.24. The Morgan fingerprint density at radius 2 is 1.79 bits per heavy atom. The van der Waals surface area contributed by atoms with E-state index in [0.29, 0.717) is 11.2 Å². The number of hydrogen-bond donors (Lipinski definition) is 1. The van der Waals surface area contributed by atoms with Gasteiger partial charge in [-0.05, 0) is 36.1 Å². The van der Waals surface area contributed by atoms with Gasteiger partial charge < -0.3 is 9.67 Å². The third kappa shape index (κ3) is 3.37. The molecule has 0 amide bonds. The van der Waals surface area contributed by atoms with Crippen molar-refractivity contribution in [1.82, 2.24) is 9.55 Å². The summed E-state index contributed by atoms with van der Waals surface area (Å²) in [5, 5.41) is 9.33. The van der Waals surface area contributed by atoms with Gasteiger partial charge in [0.2, 0.25) is 0 Å². The fourth-order valence-electron chi connectivity index (χ4n) is 2.07. The van der Waals surface area contributed by atoms with E-state index in [2.05, 4.69) is 30.3 Å². The largest absolute Gasteiger partial charge is 0.508 e. The minimum atomic E-state index is 0.291. The second-order valence-electron chi connectivity index (χ2n) is 6.23. The summed E-state index contributed by atoms with van der Waals surface area (Å²) in [6.07, 6.45) is 4.01. The smallest absolute Gasteiger partial charge is 0.115 e. The number of rotatable bonds is 3. The Morgan fingerprint density at radius 1 is 1.16 bits per heavy atom. The van der Waals surface area contributed by atoms with Crippen LogP contribution >= 0.6 is 0 Å². The zero-order chi connectivity index (χ0) is 14.0. The molecule has 1 aromatic heterocycles. The molecule has 0 atom stereocenters. The summed E-state index contributed by atoms with van der Waals surface area (Å²) in [4.78, 5) is 4.52. The van der Waals surface area contributed by atoms with Crippen molar-refractivity contribution >= 4 is 0 Å². The summed E-state index contributed by atoms with van der Waals surface area (Å²) in [6.45, 7) is 6.74. The summed E-state index contributed by atoms with van der Waals surface area (Å²) >= 11 is 0. The highest BCUT2D eigenvalue weighted by molar-refractivity contribution is 5.60. The second-order valence-corrected chi connectivity index (χ2v) is 6.23. The molecule has 0 aliphatic rings. The van der Waals surface area contributed by atoms with Crippen molar-refractivity contribution in [2.24, 2.45) is 12.5 Å². The molecule has 1 N–H and O–H groups in total. The highest BCUT2D eigenvalue weighted by Gasteiger charge is 2.14. The Kier molecular flexibility index (Phi) is 3.65. The van der Waals surface area contributed by atoms with Crippen molar-refractivity contribution in [3.8, 4) is 17.0 Å². The molecule has 0 saturated heterocycles. The Labute approximate surface area is 114 Å². The van der Waals surface area contributed by atoms with Gasteiger partial charge in [0.05, 0.1) is 11.9 Å². The molecular weight excluding hydrogens is 236 g/mol. The summed E-state index contributed by atoms with van der Waals surface area (Å²) < 4.78 is 2.14. The van der Waals surface area contributed by atoms with E-state index in [1.807, 2.05) is 25.4 Å². The molecule has 0 spiro atoms. The van der Waals surface area contributed by atoms with Gasteiger partial charge in [-0.1, -0.05) is 20.8 Å². The van der Waals surface area contributed by atoms with Gasteiger partial charge in [-0.3, -0.25) is 0 Å². The number of imidazole rings is 1. The predicted molar refractivity (Wildman–Crippen MR) is 78.1 cm³/mol. The molecular formula is C16H22N2O. The third-order valence-electron chi connectivity index (χ3n) is 3.35. The van der Waals surface area contributed by atoms with Gasteiger partial charge in [0.1, 0.15) is 11.6 Å². The van der Waals surface area contributed by atoms with Crippen LogP contribution in [0.3, 0.4) is 0 Å². The molecule has 3 heteroatoms. The van der Waals surface area contributed by atoms with Crippen LogP contribution in [-0.4, -0.2) is 14.7 Å². The molecule has 0 unspecified atom stereocenters. The topological polar surface area (TPSA) is 38.0 Å². The molecule has 102 valence electrons. The Balaban J connectivity index is 2.20. The standard InChI is InChI=1S/C16H22N2O/c1-16(2,3)10-9-15-17-11-14(18(15)4)12-5-7-13(19)8-6-12/h5-8,11,19H,9-10H2,1-4H3. The van der Waals surface area contributed by atoms with Crippen molar-refractivity contribution in [1.29, 1.82) is 0 Å². The molecule has 2 rings (SSSR count). The molecule has 1 heterocycles. The van der Waals surface area contributed by atoms with Crippen LogP contribution in [-0.2, 0) is 13.5 Å². The van der Waals surface area contributed by atoms with Crippen LogP contribution in [0.4, 0.5) is 0 Å². The van der Waals surface area contributed by atoms with Gasteiger partial charge in [0.15, 0.2) is 0 Å². The van der Waals surface area contributed by atoms with E-state index in [0.717, 1.165) is 29.9 Å². The zero-order valence-corrected chi connectivity index (χ0v) is 12.1. The number of hydrogen-bond acceptors (Lipinski definition) is 2. The van der Waals surface area contributed by atoms with Crippen molar-refractivity contribution < 1.29 is 5.11 Å². The first kappa shape index (κ1) is 13.7. The summed E-state index contributed by atoms with van der Waals surface area (Å²) in [5.41, 5.74) is 2.49. The monoisotopic (exact) mass is 258 g/mol. The van der Waals surface area contributed by atoms with E-state index in [9.17, 15) is 5.11 Å². The predicted octanol–water partition coefficient (Wildman–Crippen LogP) is 3.77. The fraction of sp³-hybridized carbons (Fsp3) is 0.438. The van der Waals surface area contributed by atoms with E-state index in [-0.39, 0.29) is 0 Å². The molecule has 3 nitrogen and oxygen atoms in total. The summed E-state index contributed by atoms with van der Waals surface area (Å²) in [5.74, 6) is 1.40. The molecule has 0 saturated carbocycles. The molecule has 19 heavy (non-hydrogen) atoms. The lowest BCUT2D eigenvalue weighted by Crippen LogP contribution is -2.09. The van der Waals surface area contributed by atoms with Gasteiger partial charge in [-0.25, -0.2) is 4.98 Å². The maximum Gasteiger partial charge on any atom is 0.115 e. The van der Waals surface area contributed by atoms with E-state index < -0.39 is 0 Å². The lowest BCUT2D eigenvalue weighted by molar-refractivity contribution is 0.373. The Morgan fingerprint density at radius 3 is 2.37 bits per heavy atom. The number of phenolic OH excluding ortho intramolecular Hbond substituents is 1. The van der Waals surface area contributed by atoms with Crippen LogP contribution in [0.15, 0.2) is 30.5 Å². The molecule has 1 aromatic carbocycles. The highest BCUT2D eigenvalue weighted by atomic mass is 16.3. The molecule has 0 bridgehead atoms. The first-order valence-electron chi connectivity index (χ1n) is 6.67. The minimum Gasteiger partial charge on any atom is -0.508 e. The molecule has 0 fully saturated rings. The van der Waals surface area contributed by atoms with Crippen molar-refractivity contribution in [2.45, 2.75) is 33.6 Å².